The van der Waals surface area contributed by atoms with E-state index in [1.54, 1.807) is 18.2 Å². The van der Waals surface area contributed by atoms with Gasteiger partial charge in [-0.1, -0.05) is 29.3 Å². The zero-order valence-electron chi connectivity index (χ0n) is 14.1. The van der Waals surface area contributed by atoms with Crippen LogP contribution in [-0.2, 0) is 4.79 Å². The Bertz CT molecular complexity index is 733. The number of amides is 1. The Morgan fingerprint density at radius 2 is 2.00 bits per heavy atom. The third kappa shape index (κ3) is 4.42. The van der Waals surface area contributed by atoms with Crippen LogP contribution in [0.3, 0.4) is 0 Å². The van der Waals surface area contributed by atoms with Gasteiger partial charge in [-0.3, -0.25) is 9.69 Å². The summed E-state index contributed by atoms with van der Waals surface area (Å²) in [6.45, 7) is 5.57. The molecule has 0 aliphatic carbocycles. The number of nitrogens with zero attached hydrogens (tertiary/aromatic N) is 1. The number of hydrogen-bond donors (Lipinski definition) is 2. The van der Waals surface area contributed by atoms with Crippen LogP contribution in [0.2, 0.25) is 10.0 Å². The minimum absolute atomic E-state index is 0.0427. The van der Waals surface area contributed by atoms with Crippen molar-refractivity contribution < 1.29 is 14.7 Å². The fraction of sp³-hybridized carbons (Fsp3) is 0.333. The van der Waals surface area contributed by atoms with E-state index < -0.39 is 0 Å². The van der Waals surface area contributed by atoms with Crippen molar-refractivity contribution in [2.45, 2.75) is 13.0 Å². The maximum atomic E-state index is 12.6. The maximum absolute atomic E-state index is 12.6. The number of piperazine rings is 1. The highest BCUT2D eigenvalue weighted by Gasteiger charge is 2.32. The second-order valence-corrected chi connectivity index (χ2v) is 7.07. The molecule has 1 fully saturated rings. The number of H-pyrrole nitrogens is 1. The molecule has 3 N–H and O–H groups in total. The number of carbonyl (C=O) groups excluding carboxylic acids is 1. The van der Waals surface area contributed by atoms with Crippen molar-refractivity contribution in [3.8, 4) is 0 Å². The highest BCUT2D eigenvalue weighted by atomic mass is 35.5. The van der Waals surface area contributed by atoms with E-state index in [0.29, 0.717) is 15.7 Å². The average Bonchev–Trinajstić information content (AvgIpc) is 2.65. The van der Waals surface area contributed by atoms with E-state index in [4.69, 9.17) is 23.2 Å². The van der Waals surface area contributed by atoms with Crippen LogP contribution in [0.25, 0.3) is 0 Å². The Kier molecular flexibility index (Phi) is 5.78. The molecule has 1 amide bonds. The molecule has 25 heavy (non-hydrogen) atoms. The van der Waals surface area contributed by atoms with Crippen LogP contribution in [0.5, 0.6) is 0 Å². The molecule has 132 valence electrons. The van der Waals surface area contributed by atoms with Crippen molar-refractivity contribution in [1.82, 2.24) is 0 Å². The quantitative estimate of drug-likeness (QED) is 0.844. The molecule has 1 aromatic carbocycles. The summed E-state index contributed by atoms with van der Waals surface area (Å²) < 4.78 is 0. The Morgan fingerprint density at radius 3 is 2.68 bits per heavy atom. The predicted molar refractivity (Wildman–Crippen MR) is 100 cm³/mol. The summed E-state index contributed by atoms with van der Waals surface area (Å²) in [4.78, 5) is 19.4. The first-order valence-corrected chi connectivity index (χ1v) is 9.12. The molecule has 0 bridgehead atoms. The number of pyridine rings is 1. The van der Waals surface area contributed by atoms with Crippen LogP contribution in [0.1, 0.15) is 6.92 Å². The van der Waals surface area contributed by atoms with E-state index in [-0.39, 0.29) is 11.9 Å². The van der Waals surface area contributed by atoms with Crippen LogP contribution in [-0.4, -0.2) is 38.1 Å². The number of aromatic nitrogens is 1. The van der Waals surface area contributed by atoms with E-state index in [9.17, 15) is 4.79 Å². The molecule has 1 atom stereocenters. The van der Waals surface area contributed by atoms with Gasteiger partial charge in [-0.2, -0.15) is 0 Å². The van der Waals surface area contributed by atoms with Gasteiger partial charge in [0.15, 0.2) is 6.04 Å². The van der Waals surface area contributed by atoms with Gasteiger partial charge in [-0.05, 0) is 31.2 Å². The lowest BCUT2D eigenvalue weighted by Crippen LogP contribution is -3.19. The first-order valence-electron chi connectivity index (χ1n) is 8.37. The van der Waals surface area contributed by atoms with Gasteiger partial charge in [0.25, 0.3) is 11.7 Å². The zero-order chi connectivity index (χ0) is 17.8. The Morgan fingerprint density at radius 1 is 1.24 bits per heavy atom. The van der Waals surface area contributed by atoms with Gasteiger partial charge in [0.05, 0.1) is 16.9 Å². The lowest BCUT2D eigenvalue weighted by Gasteiger charge is -2.31. The van der Waals surface area contributed by atoms with Crippen molar-refractivity contribution in [1.29, 1.82) is 0 Å². The summed E-state index contributed by atoms with van der Waals surface area (Å²) in [6.07, 6.45) is 1.93. The number of aromatic amines is 1. The number of nitrogens with one attached hydrogen (secondary N) is 3. The fourth-order valence-corrected chi connectivity index (χ4v) is 3.40. The molecule has 0 saturated carbocycles. The normalized spacial score (nSPS) is 16.5. The molecule has 0 spiro atoms. The van der Waals surface area contributed by atoms with Crippen LogP contribution < -0.4 is 20.1 Å². The molecule has 0 unspecified atom stereocenters. The largest absolute Gasteiger partial charge is 0.320 e. The summed E-state index contributed by atoms with van der Waals surface area (Å²) in [7, 11) is 0. The van der Waals surface area contributed by atoms with Crippen molar-refractivity contribution in [2.24, 2.45) is 0 Å². The molecule has 1 aliphatic heterocycles. The molecule has 5 nitrogen and oxygen atoms in total. The Labute approximate surface area is 157 Å². The monoisotopic (exact) mass is 380 g/mol. The van der Waals surface area contributed by atoms with Gasteiger partial charge in [0.2, 0.25) is 0 Å². The van der Waals surface area contributed by atoms with Gasteiger partial charge in [-0.15, -0.1) is 0 Å². The van der Waals surface area contributed by atoms with E-state index in [1.807, 2.05) is 25.3 Å². The highest BCUT2D eigenvalue weighted by Crippen LogP contribution is 2.25. The van der Waals surface area contributed by atoms with Crippen LogP contribution in [0.15, 0.2) is 42.6 Å². The van der Waals surface area contributed by atoms with Gasteiger partial charge < -0.3 is 10.2 Å². The Balaban J connectivity index is 1.57. The van der Waals surface area contributed by atoms with Gasteiger partial charge >= 0.3 is 0 Å². The lowest BCUT2D eigenvalue weighted by molar-refractivity contribution is -0.914. The van der Waals surface area contributed by atoms with Crippen molar-refractivity contribution in [3.63, 3.8) is 0 Å². The molecule has 0 radical (unpaired) electrons. The molecule has 7 heteroatoms. The van der Waals surface area contributed by atoms with Crippen LogP contribution >= 0.6 is 23.2 Å². The molecular formula is C18H22Cl2N4O+2. The van der Waals surface area contributed by atoms with E-state index in [2.05, 4.69) is 21.3 Å². The van der Waals surface area contributed by atoms with Crippen LogP contribution in [0.4, 0.5) is 11.5 Å². The number of benzene rings is 1. The first-order chi connectivity index (χ1) is 12.0. The number of halogens is 2. The smallest absolute Gasteiger partial charge is 0.282 e. The number of carbonyl (C=O) groups is 1. The summed E-state index contributed by atoms with van der Waals surface area (Å²) >= 11 is 12.1. The topological polar surface area (TPSA) is 50.9 Å². The molecule has 2 aromatic rings. The van der Waals surface area contributed by atoms with Gasteiger partial charge in [0, 0.05) is 11.1 Å². The fourth-order valence-electron chi connectivity index (χ4n) is 3.07. The molecular weight excluding hydrogens is 359 g/mol. The third-order valence-corrected chi connectivity index (χ3v) is 5.20. The van der Waals surface area contributed by atoms with E-state index >= 15 is 0 Å². The van der Waals surface area contributed by atoms with E-state index in [0.717, 1.165) is 32.0 Å². The molecule has 1 aliphatic rings. The molecule has 2 heterocycles. The van der Waals surface area contributed by atoms with Crippen molar-refractivity contribution in [3.05, 3.63) is 52.6 Å². The Hall–Kier alpha value is -1.82. The van der Waals surface area contributed by atoms with Crippen molar-refractivity contribution in [2.75, 3.05) is 36.4 Å². The summed E-state index contributed by atoms with van der Waals surface area (Å²) in [6, 6.07) is 11.0. The molecule has 3 rings (SSSR count). The van der Waals surface area contributed by atoms with Crippen LogP contribution in [0, 0.1) is 0 Å². The molecule has 1 aromatic heterocycles. The second-order valence-electron chi connectivity index (χ2n) is 6.23. The second kappa shape index (κ2) is 8.04. The summed E-state index contributed by atoms with van der Waals surface area (Å²) in [5.41, 5.74) is 0.558. The maximum Gasteiger partial charge on any atom is 0.282 e. The molecule has 1 saturated heterocycles. The minimum atomic E-state index is -0.156. The van der Waals surface area contributed by atoms with Crippen molar-refractivity contribution >= 4 is 40.6 Å². The standard InChI is InChI=1S/C18H20Cl2N4O/c1-13(18(25)22-16-12-14(19)5-6-15(16)20)23-8-10-24(11-9-23)17-4-2-3-7-21-17/h2-7,12-13H,8-11H2,1H3,(H,22,25)/p+2/t13-/m1/s1. The lowest BCUT2D eigenvalue weighted by atomic mass is 10.2. The predicted octanol–water partition coefficient (Wildman–Crippen LogP) is 1.54. The van der Waals surface area contributed by atoms with Gasteiger partial charge in [0.1, 0.15) is 26.2 Å². The summed E-state index contributed by atoms with van der Waals surface area (Å²) in [5.74, 6) is 1.07. The summed E-state index contributed by atoms with van der Waals surface area (Å²) in [5, 5.41) is 3.93. The number of quaternary nitrogens is 1. The first kappa shape index (κ1) is 18.0. The highest BCUT2D eigenvalue weighted by molar-refractivity contribution is 6.35. The van der Waals surface area contributed by atoms with Gasteiger partial charge in [-0.25, -0.2) is 4.98 Å². The SMILES string of the molecule is C[C@H](C(=O)Nc1cc(Cl)ccc1Cl)[NH+]1CCN(c2cccc[nH+]2)CC1. The number of hydrogen-bond acceptors (Lipinski definition) is 2. The number of rotatable bonds is 4. The average molecular weight is 381 g/mol. The minimum Gasteiger partial charge on any atom is -0.320 e. The van der Waals surface area contributed by atoms with E-state index in [1.165, 1.54) is 4.90 Å². The zero-order valence-corrected chi connectivity index (χ0v) is 15.6. The number of anilines is 2. The third-order valence-electron chi connectivity index (χ3n) is 4.63.